The van der Waals surface area contributed by atoms with E-state index in [-0.39, 0.29) is 5.92 Å². The molecule has 1 aliphatic carbocycles. The summed E-state index contributed by atoms with van der Waals surface area (Å²) >= 11 is 0. The number of allylic oxidation sites excluding steroid dienone is 1. The van der Waals surface area contributed by atoms with Gasteiger partial charge in [0.2, 0.25) is 0 Å². The molecule has 1 heteroatoms. The maximum atomic E-state index is 12.5. The zero-order valence-electron chi connectivity index (χ0n) is 4.66. The molecule has 0 aromatic carbocycles. The lowest BCUT2D eigenvalue weighted by atomic mass is 10.3. The van der Waals surface area contributed by atoms with Crippen LogP contribution in [-0.2, 0) is 0 Å². The third-order valence-electron chi connectivity index (χ3n) is 1.88. The minimum Gasteiger partial charge on any atom is -0.239 e. The Balaban J connectivity index is 2.70. The first-order valence-corrected chi connectivity index (χ1v) is 2.45. The molecular weight excluding hydrogens is 91.1 g/mol. The quantitative estimate of drug-likeness (QED) is 0.408. The van der Waals surface area contributed by atoms with Crippen LogP contribution >= 0.6 is 0 Å². The van der Waals surface area contributed by atoms with Crippen molar-refractivity contribution < 1.29 is 4.39 Å². The highest BCUT2D eigenvalue weighted by molar-refractivity contribution is 5.35. The van der Waals surface area contributed by atoms with Crippen molar-refractivity contribution in [3.8, 4) is 0 Å². The van der Waals surface area contributed by atoms with E-state index in [4.69, 9.17) is 0 Å². The predicted molar refractivity (Wildman–Crippen MR) is 27.8 cm³/mol. The molecule has 40 valence electrons. The van der Waals surface area contributed by atoms with E-state index >= 15 is 0 Å². The highest BCUT2D eigenvalue weighted by Gasteiger charge is 2.52. The molecule has 2 atom stereocenters. The Labute approximate surface area is 43.0 Å². The Hall–Kier alpha value is -0.330. The number of alkyl halides is 1. The number of rotatable bonds is 0. The van der Waals surface area contributed by atoms with Crippen LogP contribution in [0.5, 0.6) is 0 Å². The summed E-state index contributed by atoms with van der Waals surface area (Å²) in [6.45, 7) is 6.94. The van der Waals surface area contributed by atoms with E-state index in [1.165, 1.54) is 0 Å². The fraction of sp³-hybridized carbons (Fsp3) is 0.667. The fourth-order valence-corrected chi connectivity index (χ4v) is 0.675. The van der Waals surface area contributed by atoms with Crippen molar-refractivity contribution in [1.29, 1.82) is 0 Å². The number of halogens is 1. The van der Waals surface area contributed by atoms with Crippen molar-refractivity contribution in [1.82, 2.24) is 0 Å². The highest BCUT2D eigenvalue weighted by Crippen LogP contribution is 2.51. The molecule has 0 saturated heterocycles. The SMILES string of the molecule is C=C1C(C)C1(C)F. The van der Waals surface area contributed by atoms with Crippen LogP contribution in [0, 0.1) is 5.92 Å². The molecular formula is C6H9F. The molecule has 2 unspecified atom stereocenters. The van der Waals surface area contributed by atoms with Crippen molar-refractivity contribution >= 4 is 0 Å². The number of hydrogen-bond donors (Lipinski definition) is 0. The monoisotopic (exact) mass is 100 g/mol. The minimum atomic E-state index is -1.03. The van der Waals surface area contributed by atoms with Gasteiger partial charge in [0, 0.05) is 5.92 Å². The van der Waals surface area contributed by atoms with Gasteiger partial charge in [0.05, 0.1) is 0 Å². The van der Waals surface area contributed by atoms with E-state index < -0.39 is 5.67 Å². The van der Waals surface area contributed by atoms with E-state index in [1.54, 1.807) is 6.92 Å². The molecule has 1 saturated carbocycles. The normalized spacial score (nSPS) is 49.6. The number of hydrogen-bond acceptors (Lipinski definition) is 0. The smallest absolute Gasteiger partial charge is 0.135 e. The first kappa shape index (κ1) is 4.82. The van der Waals surface area contributed by atoms with Crippen LogP contribution in [0.2, 0.25) is 0 Å². The molecule has 0 spiro atoms. The van der Waals surface area contributed by atoms with Crippen molar-refractivity contribution in [3.05, 3.63) is 12.2 Å². The Kier molecular flexibility index (Phi) is 0.625. The van der Waals surface area contributed by atoms with Gasteiger partial charge in [-0.2, -0.15) is 0 Å². The summed E-state index contributed by atoms with van der Waals surface area (Å²) in [5.74, 6) is 0.104. The van der Waals surface area contributed by atoms with Gasteiger partial charge in [-0.1, -0.05) is 13.5 Å². The van der Waals surface area contributed by atoms with E-state index in [9.17, 15) is 4.39 Å². The van der Waals surface area contributed by atoms with Crippen LogP contribution in [0.25, 0.3) is 0 Å². The Morgan fingerprint density at radius 3 is 2.00 bits per heavy atom. The molecule has 0 aromatic rings. The third kappa shape index (κ3) is 0.409. The van der Waals surface area contributed by atoms with Crippen molar-refractivity contribution in [3.63, 3.8) is 0 Å². The standard InChI is InChI=1S/C6H9F/c1-4-5(2)6(4,3)7/h5H,1H2,2-3H3. The topological polar surface area (TPSA) is 0 Å². The molecule has 1 aliphatic rings. The largest absolute Gasteiger partial charge is 0.239 e. The van der Waals surface area contributed by atoms with Crippen LogP contribution in [0.3, 0.4) is 0 Å². The Morgan fingerprint density at radius 2 is 2.00 bits per heavy atom. The van der Waals surface area contributed by atoms with Crippen LogP contribution < -0.4 is 0 Å². The van der Waals surface area contributed by atoms with Gasteiger partial charge in [0.25, 0.3) is 0 Å². The first-order chi connectivity index (χ1) is 3.07. The van der Waals surface area contributed by atoms with E-state index in [0.29, 0.717) is 0 Å². The molecule has 0 aromatic heterocycles. The van der Waals surface area contributed by atoms with Crippen LogP contribution in [0.4, 0.5) is 4.39 Å². The summed E-state index contributed by atoms with van der Waals surface area (Å²) < 4.78 is 12.5. The van der Waals surface area contributed by atoms with Gasteiger partial charge in [-0.15, -0.1) is 0 Å². The second kappa shape index (κ2) is 0.908. The predicted octanol–water partition coefficient (Wildman–Crippen LogP) is 1.92. The van der Waals surface area contributed by atoms with Gasteiger partial charge in [-0.25, -0.2) is 4.39 Å². The van der Waals surface area contributed by atoms with E-state index in [2.05, 4.69) is 6.58 Å². The van der Waals surface area contributed by atoms with Gasteiger partial charge >= 0.3 is 0 Å². The van der Waals surface area contributed by atoms with Crippen LogP contribution in [-0.4, -0.2) is 5.67 Å². The Bertz CT molecular complexity index is 113. The summed E-state index contributed by atoms with van der Waals surface area (Å²) in [4.78, 5) is 0. The minimum absolute atomic E-state index is 0.104. The van der Waals surface area contributed by atoms with Crippen LogP contribution in [0.1, 0.15) is 13.8 Å². The van der Waals surface area contributed by atoms with Crippen molar-refractivity contribution in [2.45, 2.75) is 19.5 Å². The molecule has 7 heavy (non-hydrogen) atoms. The first-order valence-electron chi connectivity index (χ1n) is 2.45. The molecule has 0 radical (unpaired) electrons. The summed E-state index contributed by atoms with van der Waals surface area (Å²) in [6.07, 6.45) is 0. The van der Waals surface area contributed by atoms with Gasteiger partial charge in [0.1, 0.15) is 5.67 Å². The van der Waals surface area contributed by atoms with E-state index in [0.717, 1.165) is 5.57 Å². The van der Waals surface area contributed by atoms with E-state index in [1.807, 2.05) is 6.92 Å². The van der Waals surface area contributed by atoms with Gasteiger partial charge in [0.15, 0.2) is 0 Å². The molecule has 1 rings (SSSR count). The van der Waals surface area contributed by atoms with Crippen molar-refractivity contribution in [2.75, 3.05) is 0 Å². The molecule has 0 nitrogen and oxygen atoms in total. The summed E-state index contributed by atoms with van der Waals surface area (Å²) in [6, 6.07) is 0. The van der Waals surface area contributed by atoms with Crippen molar-refractivity contribution in [2.24, 2.45) is 5.92 Å². The average Bonchev–Trinajstić information content (AvgIpc) is 1.91. The molecule has 0 heterocycles. The van der Waals surface area contributed by atoms with Crippen LogP contribution in [0.15, 0.2) is 12.2 Å². The van der Waals surface area contributed by atoms with Gasteiger partial charge in [-0.05, 0) is 12.5 Å². The maximum Gasteiger partial charge on any atom is 0.135 e. The zero-order valence-corrected chi connectivity index (χ0v) is 4.66. The highest BCUT2D eigenvalue weighted by atomic mass is 19.1. The summed E-state index contributed by atoms with van der Waals surface area (Å²) in [5, 5.41) is 0. The molecule has 0 amide bonds. The lowest BCUT2D eigenvalue weighted by Crippen LogP contribution is -1.91. The molecule has 0 N–H and O–H groups in total. The second-order valence-electron chi connectivity index (χ2n) is 2.32. The molecule has 0 aliphatic heterocycles. The fourth-order valence-electron chi connectivity index (χ4n) is 0.675. The van der Waals surface area contributed by atoms with Gasteiger partial charge in [-0.3, -0.25) is 0 Å². The molecule has 1 fully saturated rings. The Morgan fingerprint density at radius 1 is 1.86 bits per heavy atom. The third-order valence-corrected chi connectivity index (χ3v) is 1.88. The zero-order chi connectivity index (χ0) is 5.65. The lowest BCUT2D eigenvalue weighted by Gasteiger charge is -1.86. The second-order valence-corrected chi connectivity index (χ2v) is 2.32. The van der Waals surface area contributed by atoms with Gasteiger partial charge < -0.3 is 0 Å². The molecule has 0 bridgehead atoms. The average molecular weight is 100 g/mol. The maximum absolute atomic E-state index is 12.5. The summed E-state index contributed by atoms with van der Waals surface area (Å²) in [7, 11) is 0. The lowest BCUT2D eigenvalue weighted by molar-refractivity contribution is 0.326. The summed E-state index contributed by atoms with van der Waals surface area (Å²) in [5.41, 5.74) is -0.285.